The van der Waals surface area contributed by atoms with Gasteiger partial charge >= 0.3 is 0 Å². The molecule has 7 heteroatoms. The van der Waals surface area contributed by atoms with E-state index in [-0.39, 0.29) is 26.9 Å². The second kappa shape index (κ2) is 7.32. The standard InChI is InChI=1S/C25H20Cl2N2O3/c1-25(2)11-16-22-14-6-4-3-5-13(14)7-8-19(22)28-24(23(16)21(30)12-25)15-9-20(29(31)32)18(27)10-17(15)26/h3-10,24,28H,11-12H2,1-2H3/t24-/m0/s1. The topological polar surface area (TPSA) is 72.2 Å². The van der Waals surface area contributed by atoms with Crippen LogP contribution in [-0.4, -0.2) is 10.7 Å². The highest BCUT2D eigenvalue weighted by atomic mass is 35.5. The molecule has 0 bridgehead atoms. The molecule has 1 aliphatic carbocycles. The summed E-state index contributed by atoms with van der Waals surface area (Å²) in [7, 11) is 0. The van der Waals surface area contributed by atoms with Gasteiger partial charge in [-0.05, 0) is 40.3 Å². The molecule has 32 heavy (non-hydrogen) atoms. The van der Waals surface area contributed by atoms with Crippen molar-refractivity contribution in [3.8, 4) is 0 Å². The first-order valence-corrected chi connectivity index (χ1v) is 11.1. The van der Waals surface area contributed by atoms with Gasteiger partial charge < -0.3 is 5.32 Å². The summed E-state index contributed by atoms with van der Waals surface area (Å²) in [5, 5.41) is 17.4. The van der Waals surface area contributed by atoms with E-state index in [1.807, 2.05) is 24.3 Å². The fourth-order valence-corrected chi connectivity index (χ4v) is 5.55. The van der Waals surface area contributed by atoms with Crippen LogP contribution in [0.15, 0.2) is 54.1 Å². The highest BCUT2D eigenvalue weighted by molar-refractivity contribution is 6.36. The summed E-state index contributed by atoms with van der Waals surface area (Å²) in [6.07, 6.45) is 1.12. The van der Waals surface area contributed by atoms with Gasteiger partial charge in [0.2, 0.25) is 0 Å². The zero-order chi connectivity index (χ0) is 22.8. The third-order valence-corrected chi connectivity index (χ3v) is 6.94. The van der Waals surface area contributed by atoms with Crippen molar-refractivity contribution in [3.05, 3.63) is 85.4 Å². The Balaban J connectivity index is 1.81. The number of anilines is 1. The third kappa shape index (κ3) is 3.28. The number of nitrogens with one attached hydrogen (secondary N) is 1. The van der Waals surface area contributed by atoms with E-state index >= 15 is 0 Å². The summed E-state index contributed by atoms with van der Waals surface area (Å²) < 4.78 is 0. The van der Waals surface area contributed by atoms with Gasteiger partial charge in [0.05, 0.1) is 11.0 Å². The average molecular weight is 467 g/mol. The van der Waals surface area contributed by atoms with Crippen molar-refractivity contribution in [1.82, 2.24) is 0 Å². The maximum Gasteiger partial charge on any atom is 0.288 e. The first-order chi connectivity index (χ1) is 15.2. The summed E-state index contributed by atoms with van der Waals surface area (Å²) in [6, 6.07) is 14.3. The SMILES string of the molecule is CC1(C)CC(=O)C2=C(C1)c1c(ccc3ccccc13)N[C@H]2c1cc([N+](=O)[O-])c(Cl)cc1Cl. The van der Waals surface area contributed by atoms with Crippen LogP contribution in [-0.2, 0) is 4.79 Å². The summed E-state index contributed by atoms with van der Waals surface area (Å²) in [6.45, 7) is 4.19. The number of nitro benzene ring substituents is 1. The Morgan fingerprint density at radius 2 is 1.81 bits per heavy atom. The van der Waals surface area contributed by atoms with Gasteiger partial charge in [0.15, 0.2) is 5.78 Å². The number of fused-ring (bicyclic) bond motifs is 4. The fraction of sp³-hybridized carbons (Fsp3) is 0.240. The number of benzene rings is 3. The normalized spacial score (nSPS) is 19.4. The number of rotatable bonds is 2. The molecule has 3 aromatic rings. The van der Waals surface area contributed by atoms with E-state index in [0.717, 1.165) is 34.0 Å². The lowest BCUT2D eigenvalue weighted by atomic mass is 9.68. The number of halogens is 2. The maximum absolute atomic E-state index is 13.5. The molecule has 1 aliphatic heterocycles. The number of carbonyl (C=O) groups excluding carboxylic acids is 1. The van der Waals surface area contributed by atoms with Crippen molar-refractivity contribution in [2.45, 2.75) is 32.7 Å². The summed E-state index contributed by atoms with van der Waals surface area (Å²) in [5.41, 5.74) is 3.57. The zero-order valence-corrected chi connectivity index (χ0v) is 19.1. The van der Waals surface area contributed by atoms with Gasteiger partial charge in [0.1, 0.15) is 5.02 Å². The lowest BCUT2D eigenvalue weighted by Gasteiger charge is -2.40. The predicted molar refractivity (Wildman–Crippen MR) is 128 cm³/mol. The van der Waals surface area contributed by atoms with Crippen LogP contribution in [0.4, 0.5) is 11.4 Å². The van der Waals surface area contributed by atoms with Gasteiger partial charge in [-0.25, -0.2) is 0 Å². The number of hydrogen-bond donors (Lipinski definition) is 1. The Morgan fingerprint density at radius 1 is 1.06 bits per heavy atom. The Labute approximate surface area is 195 Å². The molecule has 0 saturated heterocycles. The van der Waals surface area contributed by atoms with Gasteiger partial charge in [-0.3, -0.25) is 14.9 Å². The molecule has 5 rings (SSSR count). The van der Waals surface area contributed by atoms with Crippen LogP contribution in [0.3, 0.4) is 0 Å². The summed E-state index contributed by atoms with van der Waals surface area (Å²) >= 11 is 12.6. The van der Waals surface area contributed by atoms with E-state index < -0.39 is 11.0 Å². The second-order valence-electron chi connectivity index (χ2n) is 9.20. The van der Waals surface area contributed by atoms with Crippen molar-refractivity contribution in [1.29, 1.82) is 0 Å². The van der Waals surface area contributed by atoms with Crippen LogP contribution < -0.4 is 5.32 Å². The van der Waals surface area contributed by atoms with Gasteiger partial charge in [-0.15, -0.1) is 0 Å². The molecule has 0 fully saturated rings. The van der Waals surface area contributed by atoms with E-state index in [1.54, 1.807) is 0 Å². The quantitative estimate of drug-likeness (QED) is 0.316. The lowest BCUT2D eigenvalue weighted by Crippen LogP contribution is -2.33. The molecule has 0 unspecified atom stereocenters. The van der Waals surface area contributed by atoms with E-state index in [2.05, 4.69) is 31.3 Å². The molecule has 0 aromatic heterocycles. The number of nitrogens with zero attached hydrogens (tertiary/aromatic N) is 1. The average Bonchev–Trinajstić information content (AvgIpc) is 2.71. The monoisotopic (exact) mass is 466 g/mol. The molecular formula is C25H20Cl2N2O3. The zero-order valence-electron chi connectivity index (χ0n) is 17.5. The molecule has 0 radical (unpaired) electrons. The van der Waals surface area contributed by atoms with Crippen molar-refractivity contribution in [2.24, 2.45) is 5.41 Å². The van der Waals surface area contributed by atoms with Gasteiger partial charge in [0, 0.05) is 39.9 Å². The van der Waals surface area contributed by atoms with Crippen LogP contribution in [0.1, 0.15) is 43.9 Å². The number of Topliss-reactive ketones (excluding diaryl/α,β-unsaturated/α-hetero) is 1. The fourth-order valence-electron chi connectivity index (χ4n) is 4.99. The molecule has 1 atom stereocenters. The number of carbonyl (C=O) groups is 1. The first kappa shape index (κ1) is 21.0. The van der Waals surface area contributed by atoms with Crippen LogP contribution >= 0.6 is 23.2 Å². The van der Waals surface area contributed by atoms with Crippen molar-refractivity contribution in [3.63, 3.8) is 0 Å². The largest absolute Gasteiger partial charge is 0.373 e. The molecule has 2 aliphatic rings. The smallest absolute Gasteiger partial charge is 0.288 e. The van der Waals surface area contributed by atoms with Crippen LogP contribution in [0, 0.1) is 15.5 Å². The van der Waals surface area contributed by atoms with Crippen LogP contribution in [0.5, 0.6) is 0 Å². The number of allylic oxidation sites excluding steroid dienone is 1. The summed E-state index contributed by atoms with van der Waals surface area (Å²) in [4.78, 5) is 24.5. The van der Waals surface area contributed by atoms with Gasteiger partial charge in [0.25, 0.3) is 5.69 Å². The number of nitro groups is 1. The van der Waals surface area contributed by atoms with Crippen molar-refractivity contribution in [2.75, 3.05) is 5.32 Å². The first-order valence-electron chi connectivity index (χ1n) is 10.3. The molecule has 1 N–H and O–H groups in total. The highest BCUT2D eigenvalue weighted by Gasteiger charge is 2.41. The van der Waals surface area contributed by atoms with E-state index in [1.165, 1.54) is 12.1 Å². The third-order valence-electron chi connectivity index (χ3n) is 6.31. The molecule has 3 aromatic carbocycles. The predicted octanol–water partition coefficient (Wildman–Crippen LogP) is 7.36. The van der Waals surface area contributed by atoms with Gasteiger partial charge in [-0.2, -0.15) is 0 Å². The number of ketones is 1. The molecular weight excluding hydrogens is 447 g/mol. The van der Waals surface area contributed by atoms with E-state index in [9.17, 15) is 14.9 Å². The molecule has 0 spiro atoms. The van der Waals surface area contributed by atoms with Gasteiger partial charge in [-0.1, -0.05) is 67.4 Å². The molecule has 0 saturated carbocycles. The van der Waals surface area contributed by atoms with Crippen LogP contribution in [0.25, 0.3) is 16.3 Å². The lowest BCUT2D eigenvalue weighted by molar-refractivity contribution is -0.384. The van der Waals surface area contributed by atoms with Crippen LogP contribution in [0.2, 0.25) is 10.0 Å². The van der Waals surface area contributed by atoms with Crippen molar-refractivity contribution < 1.29 is 9.72 Å². The Morgan fingerprint density at radius 3 is 2.56 bits per heavy atom. The minimum Gasteiger partial charge on any atom is -0.373 e. The Bertz CT molecular complexity index is 1360. The highest BCUT2D eigenvalue weighted by Crippen LogP contribution is 2.53. The number of hydrogen-bond acceptors (Lipinski definition) is 4. The second-order valence-corrected chi connectivity index (χ2v) is 10.0. The Hall–Kier alpha value is -2.89. The maximum atomic E-state index is 13.5. The molecule has 0 amide bonds. The minimum atomic E-state index is -0.592. The molecule has 162 valence electrons. The molecule has 1 heterocycles. The van der Waals surface area contributed by atoms with Crippen molar-refractivity contribution >= 4 is 56.7 Å². The van der Waals surface area contributed by atoms with E-state index in [4.69, 9.17) is 23.2 Å². The summed E-state index contributed by atoms with van der Waals surface area (Å²) in [5.74, 6) is 0.0287. The minimum absolute atomic E-state index is 0.0287. The van der Waals surface area contributed by atoms with E-state index in [0.29, 0.717) is 17.6 Å². The molecule has 5 nitrogen and oxygen atoms in total. The Kier molecular flexibility index (Phi) is 4.80.